The minimum absolute atomic E-state index is 0.0636. The number of nitro benzene ring substituents is 1. The molecular weight excluding hydrogens is 326 g/mol. The van der Waals surface area contributed by atoms with Crippen molar-refractivity contribution in [2.75, 3.05) is 20.3 Å². The molecule has 0 atom stereocenters. The van der Waals surface area contributed by atoms with Gasteiger partial charge in [0, 0.05) is 12.5 Å². The van der Waals surface area contributed by atoms with Crippen LogP contribution in [0, 0.1) is 10.1 Å². The molecule has 142 valence electrons. The first-order valence-corrected chi connectivity index (χ1v) is 8.69. The Morgan fingerprint density at radius 2 is 1.72 bits per heavy atom. The molecule has 7 nitrogen and oxygen atoms in total. The number of nitro groups is 1. The molecule has 0 saturated heterocycles. The lowest BCUT2D eigenvalue weighted by Crippen LogP contribution is -2.36. The van der Waals surface area contributed by atoms with Crippen LogP contribution in [0.5, 0.6) is 11.5 Å². The molecule has 0 spiro atoms. The highest BCUT2D eigenvalue weighted by molar-refractivity contribution is 5.57. The highest BCUT2D eigenvalue weighted by Gasteiger charge is 2.29. The van der Waals surface area contributed by atoms with Crippen LogP contribution in [0.3, 0.4) is 0 Å². The fraction of sp³-hybridized carbons (Fsp3) is 0.667. The number of benzene rings is 1. The van der Waals surface area contributed by atoms with Gasteiger partial charge in [0.15, 0.2) is 11.5 Å². The van der Waals surface area contributed by atoms with Gasteiger partial charge in [-0.25, -0.2) is 0 Å². The maximum Gasteiger partial charge on any atom is 0.314 e. The molecule has 0 aromatic heterocycles. The van der Waals surface area contributed by atoms with Crippen LogP contribution in [0.1, 0.15) is 52.0 Å². The van der Waals surface area contributed by atoms with E-state index in [9.17, 15) is 15.2 Å². The zero-order valence-electron chi connectivity index (χ0n) is 15.5. The van der Waals surface area contributed by atoms with Crippen molar-refractivity contribution in [3.8, 4) is 11.5 Å². The van der Waals surface area contributed by atoms with Crippen LogP contribution in [0.15, 0.2) is 12.1 Å². The van der Waals surface area contributed by atoms with E-state index in [1.807, 2.05) is 6.92 Å². The summed E-state index contributed by atoms with van der Waals surface area (Å²) < 4.78 is 16.9. The number of unbranched alkanes of at least 4 members (excludes halogenated alkanes) is 2. The largest absolute Gasteiger partial charge is 0.500 e. The van der Waals surface area contributed by atoms with E-state index in [2.05, 4.69) is 13.8 Å². The molecule has 0 aliphatic heterocycles. The van der Waals surface area contributed by atoms with E-state index < -0.39 is 16.5 Å². The lowest BCUT2D eigenvalue weighted by molar-refractivity contribution is -0.386. The van der Waals surface area contributed by atoms with Crippen molar-refractivity contribution in [3.63, 3.8) is 0 Å². The Kier molecular flexibility index (Phi) is 8.65. The molecule has 0 bridgehead atoms. The molecular formula is C18H29NO6. The van der Waals surface area contributed by atoms with Gasteiger partial charge in [0.25, 0.3) is 0 Å². The number of aromatic hydroxyl groups is 1. The van der Waals surface area contributed by atoms with E-state index in [1.54, 1.807) is 6.07 Å². The Morgan fingerprint density at radius 1 is 1.16 bits per heavy atom. The highest BCUT2D eigenvalue weighted by atomic mass is 16.7. The van der Waals surface area contributed by atoms with Crippen LogP contribution in [-0.4, -0.2) is 36.1 Å². The minimum atomic E-state index is -0.889. The molecule has 25 heavy (non-hydrogen) atoms. The zero-order valence-corrected chi connectivity index (χ0v) is 15.5. The normalized spacial score (nSPS) is 11.5. The van der Waals surface area contributed by atoms with Crippen molar-refractivity contribution in [3.05, 3.63) is 27.8 Å². The van der Waals surface area contributed by atoms with Crippen LogP contribution >= 0.6 is 0 Å². The van der Waals surface area contributed by atoms with E-state index in [4.69, 9.17) is 14.2 Å². The van der Waals surface area contributed by atoms with Crippen LogP contribution in [0.25, 0.3) is 0 Å². The summed E-state index contributed by atoms with van der Waals surface area (Å²) in [6.07, 6.45) is 4.14. The Labute approximate surface area is 149 Å². The molecule has 0 heterocycles. The lowest BCUT2D eigenvalue weighted by atomic mass is 10.0. The quantitative estimate of drug-likeness (QED) is 0.261. The van der Waals surface area contributed by atoms with E-state index in [0.717, 1.165) is 25.7 Å². The van der Waals surface area contributed by atoms with Gasteiger partial charge in [-0.15, -0.1) is 0 Å². The lowest BCUT2D eigenvalue weighted by Gasteiger charge is -2.30. The highest BCUT2D eigenvalue weighted by Crippen LogP contribution is 2.38. The molecule has 1 N–H and O–H groups in total. The van der Waals surface area contributed by atoms with Crippen LogP contribution in [0.2, 0.25) is 0 Å². The van der Waals surface area contributed by atoms with Crippen LogP contribution in [0.4, 0.5) is 5.69 Å². The molecule has 1 rings (SSSR count). The Hall–Kier alpha value is -1.86. The standard InChI is InChI=1S/C18H29NO6/c1-5-7-9-24-18(3,25-10-8-6-2)13-14-11-15(19(21)22)17(20)16(12-14)23-4/h11-12,20H,5-10,13H2,1-4H3. The Bertz CT molecular complexity index is 551. The van der Waals surface area contributed by atoms with E-state index in [1.165, 1.54) is 13.2 Å². The Morgan fingerprint density at radius 3 is 2.16 bits per heavy atom. The van der Waals surface area contributed by atoms with E-state index >= 15 is 0 Å². The maximum atomic E-state index is 11.2. The van der Waals surface area contributed by atoms with Crippen molar-refractivity contribution < 1.29 is 24.2 Å². The molecule has 0 unspecified atom stereocenters. The van der Waals surface area contributed by atoms with Crippen LogP contribution in [-0.2, 0) is 15.9 Å². The predicted molar refractivity (Wildman–Crippen MR) is 95.1 cm³/mol. The monoisotopic (exact) mass is 355 g/mol. The third-order valence-electron chi connectivity index (χ3n) is 3.87. The Balaban J connectivity index is 3.04. The van der Waals surface area contributed by atoms with Gasteiger partial charge >= 0.3 is 5.69 Å². The van der Waals surface area contributed by atoms with Gasteiger partial charge in [-0.3, -0.25) is 10.1 Å². The third kappa shape index (κ3) is 6.51. The first-order chi connectivity index (χ1) is 11.9. The number of hydrogen-bond donors (Lipinski definition) is 1. The molecule has 1 aromatic rings. The number of ether oxygens (including phenoxy) is 3. The number of rotatable bonds is 12. The summed E-state index contributed by atoms with van der Waals surface area (Å²) >= 11 is 0. The predicted octanol–water partition coefficient (Wildman–Crippen LogP) is 4.20. The van der Waals surface area contributed by atoms with Crippen LogP contribution < -0.4 is 4.74 Å². The second-order valence-corrected chi connectivity index (χ2v) is 6.14. The zero-order chi connectivity index (χ0) is 18.9. The van der Waals surface area contributed by atoms with Crippen molar-refractivity contribution in [2.45, 2.75) is 58.7 Å². The minimum Gasteiger partial charge on any atom is -0.500 e. The summed E-state index contributed by atoms with van der Waals surface area (Å²) in [7, 11) is 1.36. The van der Waals surface area contributed by atoms with Crippen molar-refractivity contribution >= 4 is 5.69 Å². The second kappa shape index (κ2) is 10.2. The topological polar surface area (TPSA) is 91.1 Å². The molecule has 0 radical (unpaired) electrons. The fourth-order valence-corrected chi connectivity index (χ4v) is 2.42. The summed E-state index contributed by atoms with van der Waals surface area (Å²) in [5.41, 5.74) is 0.218. The first-order valence-electron chi connectivity index (χ1n) is 8.69. The van der Waals surface area contributed by atoms with Gasteiger partial charge in [0.2, 0.25) is 5.75 Å². The number of methoxy groups -OCH3 is 1. The van der Waals surface area contributed by atoms with E-state index in [-0.39, 0.29) is 11.4 Å². The summed E-state index contributed by atoms with van der Waals surface area (Å²) in [6.45, 7) is 7.09. The van der Waals surface area contributed by atoms with Gasteiger partial charge in [-0.1, -0.05) is 26.7 Å². The van der Waals surface area contributed by atoms with E-state index in [0.29, 0.717) is 25.2 Å². The number of phenolic OH excluding ortho intramolecular Hbond substituents is 1. The van der Waals surface area contributed by atoms with Gasteiger partial charge in [-0.2, -0.15) is 0 Å². The number of phenols is 1. The first kappa shape index (κ1) is 21.2. The fourth-order valence-electron chi connectivity index (χ4n) is 2.42. The average molecular weight is 355 g/mol. The molecule has 0 amide bonds. The van der Waals surface area contributed by atoms with Gasteiger partial charge < -0.3 is 19.3 Å². The van der Waals surface area contributed by atoms with Crippen molar-refractivity contribution in [1.82, 2.24) is 0 Å². The second-order valence-electron chi connectivity index (χ2n) is 6.14. The molecule has 7 heteroatoms. The summed E-state index contributed by atoms with van der Waals surface area (Å²) in [4.78, 5) is 10.5. The van der Waals surface area contributed by atoms with Crippen molar-refractivity contribution in [1.29, 1.82) is 0 Å². The molecule has 0 saturated carbocycles. The molecule has 0 aliphatic rings. The molecule has 1 aromatic carbocycles. The maximum absolute atomic E-state index is 11.2. The smallest absolute Gasteiger partial charge is 0.314 e. The molecule has 0 aliphatic carbocycles. The van der Waals surface area contributed by atoms with Crippen molar-refractivity contribution in [2.24, 2.45) is 0 Å². The van der Waals surface area contributed by atoms with Gasteiger partial charge in [0.1, 0.15) is 0 Å². The number of nitrogens with zero attached hydrogens (tertiary/aromatic N) is 1. The summed E-state index contributed by atoms with van der Waals surface area (Å²) in [6, 6.07) is 2.91. The number of hydrogen-bond acceptors (Lipinski definition) is 6. The van der Waals surface area contributed by atoms with Gasteiger partial charge in [-0.05, 0) is 31.4 Å². The third-order valence-corrected chi connectivity index (χ3v) is 3.87. The van der Waals surface area contributed by atoms with Gasteiger partial charge in [0.05, 0.1) is 25.2 Å². The average Bonchev–Trinajstić information content (AvgIpc) is 2.56. The summed E-state index contributed by atoms with van der Waals surface area (Å²) in [5.74, 6) is -1.30. The summed E-state index contributed by atoms with van der Waals surface area (Å²) in [5, 5.41) is 21.1. The molecule has 0 fully saturated rings. The SMILES string of the molecule is CCCCOC(C)(Cc1cc(OC)c(O)c([N+](=O)[O-])c1)OCCCC.